The Hall–Kier alpha value is 0.270. The first-order valence-corrected chi connectivity index (χ1v) is 7.79. The lowest BCUT2D eigenvalue weighted by molar-refractivity contribution is 0.299. The summed E-state index contributed by atoms with van der Waals surface area (Å²) in [4.78, 5) is 2.46. The minimum Gasteiger partial charge on any atom is -0.312 e. The summed E-state index contributed by atoms with van der Waals surface area (Å²) in [6, 6.07) is 0.638. The van der Waals surface area contributed by atoms with E-state index in [0.29, 0.717) is 6.04 Å². The number of hydrogen-bond acceptors (Lipinski definition) is 3. The average Bonchev–Trinajstić information content (AvgIpc) is 2.24. The van der Waals surface area contributed by atoms with E-state index in [-0.39, 0.29) is 0 Å². The van der Waals surface area contributed by atoms with E-state index in [1.54, 1.807) is 0 Å². The van der Waals surface area contributed by atoms with Gasteiger partial charge in [0.1, 0.15) is 0 Å². The Morgan fingerprint density at radius 3 is 2.19 bits per heavy atom. The Kier molecular flexibility index (Phi) is 10.6. The van der Waals surface area contributed by atoms with Crippen LogP contribution in [-0.4, -0.2) is 48.6 Å². The molecule has 98 valence electrons. The molecule has 0 aromatic carbocycles. The van der Waals surface area contributed by atoms with Gasteiger partial charge in [0.05, 0.1) is 0 Å². The first-order chi connectivity index (χ1) is 7.60. The van der Waals surface area contributed by atoms with Crippen LogP contribution in [0.3, 0.4) is 0 Å². The number of rotatable bonds is 10. The Balaban J connectivity index is 3.39. The molecule has 0 heterocycles. The van der Waals surface area contributed by atoms with Gasteiger partial charge in [-0.15, -0.1) is 0 Å². The number of hydrogen-bond donors (Lipinski definition) is 1. The van der Waals surface area contributed by atoms with Gasteiger partial charge < -0.3 is 10.2 Å². The zero-order chi connectivity index (χ0) is 12.4. The summed E-state index contributed by atoms with van der Waals surface area (Å²) in [6.07, 6.45) is 0. The Morgan fingerprint density at radius 1 is 1.06 bits per heavy atom. The fraction of sp³-hybridized carbons (Fsp3) is 1.00. The van der Waals surface area contributed by atoms with Gasteiger partial charge in [-0.05, 0) is 31.7 Å². The normalized spacial score (nSPS) is 13.7. The monoisotopic (exact) mass is 246 g/mol. The van der Waals surface area contributed by atoms with Gasteiger partial charge in [0.25, 0.3) is 0 Å². The van der Waals surface area contributed by atoms with Crippen molar-refractivity contribution < 1.29 is 0 Å². The van der Waals surface area contributed by atoms with Gasteiger partial charge in [0, 0.05) is 24.9 Å². The molecule has 0 radical (unpaired) electrons. The van der Waals surface area contributed by atoms with Crippen molar-refractivity contribution in [1.82, 2.24) is 10.2 Å². The largest absolute Gasteiger partial charge is 0.312 e. The van der Waals surface area contributed by atoms with E-state index in [1.807, 2.05) is 0 Å². The van der Waals surface area contributed by atoms with Crippen LogP contribution >= 0.6 is 11.8 Å². The van der Waals surface area contributed by atoms with E-state index in [2.05, 4.69) is 56.6 Å². The maximum atomic E-state index is 3.59. The smallest absolute Gasteiger partial charge is 0.0130 e. The van der Waals surface area contributed by atoms with Crippen molar-refractivity contribution >= 4 is 11.8 Å². The SMILES string of the molecule is CCN(CC)CCNC(C)CSCC(C)C. The van der Waals surface area contributed by atoms with Crippen LogP contribution in [0.5, 0.6) is 0 Å². The van der Waals surface area contributed by atoms with Crippen LogP contribution in [0, 0.1) is 5.92 Å². The van der Waals surface area contributed by atoms with Gasteiger partial charge in [0.15, 0.2) is 0 Å². The molecule has 1 atom stereocenters. The number of likely N-dealkylation sites (N-methyl/N-ethyl adjacent to an activating group) is 1. The second kappa shape index (κ2) is 10.4. The molecule has 0 saturated heterocycles. The van der Waals surface area contributed by atoms with Crippen LogP contribution in [0.15, 0.2) is 0 Å². The van der Waals surface area contributed by atoms with E-state index in [4.69, 9.17) is 0 Å². The molecule has 1 N–H and O–H groups in total. The molecule has 0 aliphatic rings. The van der Waals surface area contributed by atoms with Gasteiger partial charge in [0.2, 0.25) is 0 Å². The predicted molar refractivity (Wildman–Crippen MR) is 77.4 cm³/mol. The molecule has 0 spiro atoms. The van der Waals surface area contributed by atoms with E-state index >= 15 is 0 Å². The fourth-order valence-electron chi connectivity index (χ4n) is 1.55. The van der Waals surface area contributed by atoms with Crippen molar-refractivity contribution in [1.29, 1.82) is 0 Å². The summed E-state index contributed by atoms with van der Waals surface area (Å²) in [5, 5.41) is 3.59. The average molecular weight is 246 g/mol. The maximum absolute atomic E-state index is 3.59. The quantitative estimate of drug-likeness (QED) is 0.638. The number of thioether (sulfide) groups is 1. The van der Waals surface area contributed by atoms with E-state index < -0.39 is 0 Å². The summed E-state index contributed by atoms with van der Waals surface area (Å²) in [5.74, 6) is 3.33. The Labute approximate surface area is 107 Å². The van der Waals surface area contributed by atoms with E-state index in [9.17, 15) is 0 Å². The second-order valence-electron chi connectivity index (χ2n) is 4.81. The van der Waals surface area contributed by atoms with Gasteiger partial charge in [-0.25, -0.2) is 0 Å². The molecule has 0 aromatic heterocycles. The van der Waals surface area contributed by atoms with Crippen LogP contribution in [0.2, 0.25) is 0 Å². The molecule has 0 aliphatic carbocycles. The first kappa shape index (κ1) is 16.3. The fourth-order valence-corrected chi connectivity index (χ4v) is 2.63. The molecule has 16 heavy (non-hydrogen) atoms. The lowest BCUT2D eigenvalue weighted by atomic mass is 10.3. The number of nitrogens with zero attached hydrogens (tertiary/aromatic N) is 1. The van der Waals surface area contributed by atoms with Crippen LogP contribution in [-0.2, 0) is 0 Å². The third kappa shape index (κ3) is 9.49. The van der Waals surface area contributed by atoms with Crippen molar-refractivity contribution in [3.05, 3.63) is 0 Å². The molecule has 0 rings (SSSR count). The number of nitrogens with one attached hydrogen (secondary N) is 1. The highest BCUT2D eigenvalue weighted by molar-refractivity contribution is 7.99. The van der Waals surface area contributed by atoms with Crippen LogP contribution < -0.4 is 5.32 Å². The summed E-state index contributed by atoms with van der Waals surface area (Å²) in [6.45, 7) is 15.9. The third-order valence-corrected chi connectivity index (χ3v) is 4.27. The Bertz CT molecular complexity index is 147. The standard InChI is InChI=1S/C13H30N2S/c1-6-15(7-2)9-8-14-13(5)11-16-10-12(3)4/h12-14H,6-11H2,1-5H3. The molecule has 0 fully saturated rings. The molecule has 0 aromatic rings. The van der Waals surface area contributed by atoms with Gasteiger partial charge >= 0.3 is 0 Å². The lowest BCUT2D eigenvalue weighted by Crippen LogP contribution is -2.37. The van der Waals surface area contributed by atoms with Crippen molar-refractivity contribution in [3.8, 4) is 0 Å². The lowest BCUT2D eigenvalue weighted by Gasteiger charge is -2.20. The van der Waals surface area contributed by atoms with Crippen molar-refractivity contribution in [3.63, 3.8) is 0 Å². The van der Waals surface area contributed by atoms with Gasteiger partial charge in [-0.1, -0.05) is 27.7 Å². The molecule has 0 amide bonds. The zero-order valence-corrected chi connectivity index (χ0v) is 12.6. The minimum absolute atomic E-state index is 0.638. The van der Waals surface area contributed by atoms with Crippen LogP contribution in [0.1, 0.15) is 34.6 Å². The molecular weight excluding hydrogens is 216 g/mol. The molecule has 0 saturated carbocycles. The van der Waals surface area contributed by atoms with Crippen LogP contribution in [0.4, 0.5) is 0 Å². The molecule has 0 bridgehead atoms. The van der Waals surface area contributed by atoms with Crippen molar-refractivity contribution in [2.45, 2.75) is 40.7 Å². The first-order valence-electron chi connectivity index (χ1n) is 6.63. The summed E-state index contributed by atoms with van der Waals surface area (Å²) >= 11 is 2.06. The van der Waals surface area contributed by atoms with E-state index in [0.717, 1.165) is 25.6 Å². The van der Waals surface area contributed by atoms with Gasteiger partial charge in [-0.3, -0.25) is 0 Å². The van der Waals surface area contributed by atoms with Crippen molar-refractivity contribution in [2.24, 2.45) is 5.92 Å². The maximum Gasteiger partial charge on any atom is 0.0130 e. The van der Waals surface area contributed by atoms with Gasteiger partial charge in [-0.2, -0.15) is 11.8 Å². The molecule has 1 unspecified atom stereocenters. The summed E-state index contributed by atoms with van der Waals surface area (Å²) < 4.78 is 0. The molecule has 0 aliphatic heterocycles. The highest BCUT2D eigenvalue weighted by atomic mass is 32.2. The third-order valence-electron chi connectivity index (χ3n) is 2.63. The summed E-state index contributed by atoms with van der Waals surface area (Å²) in [5.41, 5.74) is 0. The Morgan fingerprint density at radius 2 is 1.69 bits per heavy atom. The second-order valence-corrected chi connectivity index (χ2v) is 5.89. The van der Waals surface area contributed by atoms with Crippen molar-refractivity contribution in [2.75, 3.05) is 37.7 Å². The summed E-state index contributed by atoms with van der Waals surface area (Å²) in [7, 11) is 0. The van der Waals surface area contributed by atoms with Crippen LogP contribution in [0.25, 0.3) is 0 Å². The minimum atomic E-state index is 0.638. The zero-order valence-electron chi connectivity index (χ0n) is 11.8. The van der Waals surface area contributed by atoms with E-state index in [1.165, 1.54) is 18.1 Å². The topological polar surface area (TPSA) is 15.3 Å². The molecule has 3 heteroatoms. The highest BCUT2D eigenvalue weighted by Gasteiger charge is 2.03. The predicted octanol–water partition coefficient (Wildman–Crippen LogP) is 2.70. The molecular formula is C13H30N2S. The highest BCUT2D eigenvalue weighted by Crippen LogP contribution is 2.08. The molecule has 2 nitrogen and oxygen atoms in total.